The van der Waals surface area contributed by atoms with Gasteiger partial charge in [0.25, 0.3) is 0 Å². The molecule has 8 heteroatoms. The summed E-state index contributed by atoms with van der Waals surface area (Å²) in [4.78, 5) is 26.2. The molecule has 3 unspecified atom stereocenters. The molecule has 0 aromatic rings. The minimum atomic E-state index is -1.26. The van der Waals surface area contributed by atoms with Crippen molar-refractivity contribution < 1.29 is 34.4 Å². The van der Waals surface area contributed by atoms with Crippen LogP contribution in [0.2, 0.25) is 0 Å². The Morgan fingerprint density at radius 3 is 2.53 bits per heavy atom. The Balaban J connectivity index is 2.33. The summed E-state index contributed by atoms with van der Waals surface area (Å²) < 4.78 is 11.3. The lowest BCUT2D eigenvalue weighted by Crippen LogP contribution is -2.46. The van der Waals surface area contributed by atoms with Gasteiger partial charge in [0.2, 0.25) is 0 Å². The summed E-state index contributed by atoms with van der Waals surface area (Å²) >= 11 is 0. The van der Waals surface area contributed by atoms with E-state index in [1.165, 1.54) is 11.8 Å². The van der Waals surface area contributed by atoms with E-state index < -0.39 is 35.6 Å². The number of ketones is 1. The van der Waals surface area contributed by atoms with Gasteiger partial charge < -0.3 is 30.5 Å². The third-order valence-electron chi connectivity index (χ3n) is 8.44. The van der Waals surface area contributed by atoms with E-state index in [9.17, 15) is 24.9 Å². The molecule has 0 saturated heterocycles. The molecular weight excluding hydrogens is 486 g/mol. The number of fused-ring (bicyclic) bond motifs is 1. The molecule has 8 atom stereocenters. The van der Waals surface area contributed by atoms with Gasteiger partial charge in [0.15, 0.2) is 0 Å². The van der Waals surface area contributed by atoms with Crippen LogP contribution >= 0.6 is 0 Å². The fraction of sp³-hybridized carbons (Fsp3) is 0.733. The summed E-state index contributed by atoms with van der Waals surface area (Å²) in [5.41, 5.74) is 7.07. The van der Waals surface area contributed by atoms with Crippen molar-refractivity contribution in [2.75, 3.05) is 6.61 Å². The normalized spacial score (nSPS) is 35.9. The largest absolute Gasteiger partial charge is 0.494 e. The van der Waals surface area contributed by atoms with Gasteiger partial charge in [0, 0.05) is 12.3 Å². The highest BCUT2D eigenvalue weighted by Gasteiger charge is 2.47. The zero-order valence-corrected chi connectivity index (χ0v) is 24.1. The predicted octanol–water partition coefficient (Wildman–Crippen LogP) is 3.79. The van der Waals surface area contributed by atoms with E-state index in [2.05, 4.69) is 13.0 Å². The summed E-state index contributed by atoms with van der Waals surface area (Å²) in [6.45, 7) is 12.6. The van der Waals surface area contributed by atoms with Gasteiger partial charge in [0.1, 0.15) is 24.3 Å². The van der Waals surface area contributed by atoms with Gasteiger partial charge in [-0.1, -0.05) is 46.3 Å². The Labute approximate surface area is 228 Å². The molecule has 1 aliphatic heterocycles. The van der Waals surface area contributed by atoms with Crippen LogP contribution in [0.4, 0.5) is 0 Å². The first-order valence-corrected chi connectivity index (χ1v) is 13.9. The zero-order chi connectivity index (χ0) is 28.8. The van der Waals surface area contributed by atoms with E-state index >= 15 is 0 Å². The number of allylic oxidation sites excluding steroid dienone is 2. The molecule has 0 bridgehead atoms. The summed E-state index contributed by atoms with van der Waals surface area (Å²) in [5, 5.41) is 31.2. The minimum absolute atomic E-state index is 0.0365. The molecule has 1 saturated carbocycles. The number of aliphatic hydroxyl groups is 3. The molecule has 216 valence electrons. The van der Waals surface area contributed by atoms with Crippen LogP contribution in [0.25, 0.3) is 0 Å². The van der Waals surface area contributed by atoms with E-state index in [1.807, 2.05) is 20.8 Å². The van der Waals surface area contributed by atoms with Crippen molar-refractivity contribution >= 4 is 11.8 Å². The number of rotatable bonds is 6. The van der Waals surface area contributed by atoms with Crippen LogP contribution in [0.1, 0.15) is 80.6 Å². The molecule has 0 amide bonds. The second-order valence-corrected chi connectivity index (χ2v) is 11.9. The van der Waals surface area contributed by atoms with Crippen LogP contribution in [0.3, 0.4) is 0 Å². The second-order valence-electron chi connectivity index (χ2n) is 11.9. The van der Waals surface area contributed by atoms with Crippen molar-refractivity contribution in [3.05, 3.63) is 35.3 Å². The number of cyclic esters (lactones) is 1. The lowest BCUT2D eigenvalue weighted by molar-refractivity contribution is -0.154. The van der Waals surface area contributed by atoms with Crippen LogP contribution in [-0.2, 0) is 19.1 Å². The topological polar surface area (TPSA) is 139 Å². The summed E-state index contributed by atoms with van der Waals surface area (Å²) in [7, 11) is 0. The molecular formula is C30H49NO7. The number of carbonyl (C=O) groups excluding carboxylic acids is 2. The third kappa shape index (κ3) is 8.42. The number of Topliss-reactive ketones (excluding diaryl/α,β-unsaturated/α-hetero) is 1. The smallest absolute Gasteiger partial charge is 0.309 e. The molecule has 38 heavy (non-hydrogen) atoms. The quantitative estimate of drug-likeness (QED) is 0.174. The predicted molar refractivity (Wildman–Crippen MR) is 146 cm³/mol. The molecule has 0 spiro atoms. The van der Waals surface area contributed by atoms with Crippen molar-refractivity contribution in [2.24, 2.45) is 34.8 Å². The molecule has 0 radical (unpaired) electrons. The first-order valence-electron chi connectivity index (χ1n) is 13.9. The molecule has 8 nitrogen and oxygen atoms in total. The zero-order valence-electron chi connectivity index (χ0n) is 24.1. The van der Waals surface area contributed by atoms with Gasteiger partial charge >= 0.3 is 5.97 Å². The first kappa shape index (κ1) is 32.1. The minimum Gasteiger partial charge on any atom is -0.494 e. The number of hydrogen-bond donors (Lipinski definition) is 4. The number of hydrogen-bond acceptors (Lipinski definition) is 8. The van der Waals surface area contributed by atoms with E-state index in [1.54, 1.807) is 26.8 Å². The summed E-state index contributed by atoms with van der Waals surface area (Å²) in [5.74, 6) is -0.804. The SMILES string of the molecule is CCC(CO)O/C=C(N)/C=C(\C)[C@@H]1C/C=C(/C)CC2CC2[C@H](C)[C@H](O)[C@@H](C)C(=O)C(C)(C)[C@@H](O)CC(=O)O1. The molecule has 0 aromatic heterocycles. The van der Waals surface area contributed by atoms with E-state index in [-0.39, 0.29) is 30.8 Å². The standard InChI is InChI=1S/C30H49NO7/c1-8-23(15-32)37-16-22(31)12-18(3)25-10-9-17(2)11-21-13-24(21)19(4)28(35)20(5)29(36)30(6,7)26(33)14-27(34)38-25/h9,12,16,19-21,23-26,28,32-33,35H,8,10-11,13-15,31H2,1-7H3/b17-9-,18-12+,22-16-/t19-,20+,21?,23?,24?,25-,26-,28-/m0/s1. The average Bonchev–Trinajstić information content (AvgIpc) is 3.63. The molecule has 1 fully saturated rings. The number of nitrogens with two attached hydrogens (primary N) is 1. The molecule has 2 rings (SSSR count). The number of ether oxygens (including phenoxy) is 2. The van der Waals surface area contributed by atoms with Crippen LogP contribution in [0.5, 0.6) is 0 Å². The monoisotopic (exact) mass is 535 g/mol. The molecule has 5 N–H and O–H groups in total. The third-order valence-corrected chi connectivity index (χ3v) is 8.44. The van der Waals surface area contributed by atoms with Crippen molar-refractivity contribution in [3.8, 4) is 0 Å². The highest BCUT2D eigenvalue weighted by Crippen LogP contribution is 2.50. The Morgan fingerprint density at radius 2 is 1.92 bits per heavy atom. The van der Waals surface area contributed by atoms with Crippen LogP contribution < -0.4 is 5.73 Å². The highest BCUT2D eigenvalue weighted by atomic mass is 16.5. The molecule has 0 aromatic carbocycles. The Bertz CT molecular complexity index is 918. The van der Waals surface area contributed by atoms with Crippen LogP contribution in [-0.4, -0.2) is 58.1 Å². The van der Waals surface area contributed by atoms with Gasteiger partial charge in [-0.25, -0.2) is 0 Å². The lowest BCUT2D eigenvalue weighted by atomic mass is 9.72. The van der Waals surface area contributed by atoms with E-state index in [4.69, 9.17) is 15.2 Å². The van der Waals surface area contributed by atoms with Gasteiger partial charge in [-0.3, -0.25) is 9.59 Å². The maximum absolute atomic E-state index is 13.3. The molecule has 1 aliphatic carbocycles. The van der Waals surface area contributed by atoms with E-state index in [0.717, 1.165) is 12.8 Å². The van der Waals surface area contributed by atoms with Gasteiger partial charge in [0.05, 0.1) is 36.3 Å². The highest BCUT2D eigenvalue weighted by molar-refractivity contribution is 5.88. The second kappa shape index (κ2) is 13.8. The fourth-order valence-corrected chi connectivity index (χ4v) is 5.35. The van der Waals surface area contributed by atoms with Crippen LogP contribution in [0.15, 0.2) is 35.3 Å². The summed E-state index contributed by atoms with van der Waals surface area (Å²) in [6.07, 6.45) is 4.70. The molecule has 2 aliphatic rings. The summed E-state index contributed by atoms with van der Waals surface area (Å²) in [6, 6.07) is 0. The lowest BCUT2D eigenvalue weighted by Gasteiger charge is -2.34. The average molecular weight is 536 g/mol. The number of aliphatic hydroxyl groups excluding tert-OH is 3. The van der Waals surface area contributed by atoms with Gasteiger partial charge in [-0.15, -0.1) is 0 Å². The number of carbonyl (C=O) groups is 2. The van der Waals surface area contributed by atoms with Crippen molar-refractivity contribution in [3.63, 3.8) is 0 Å². The van der Waals surface area contributed by atoms with Crippen LogP contribution in [0, 0.1) is 29.1 Å². The van der Waals surface area contributed by atoms with Gasteiger partial charge in [-0.05, 0) is 62.5 Å². The maximum atomic E-state index is 13.3. The Kier molecular flexibility index (Phi) is 11.6. The maximum Gasteiger partial charge on any atom is 0.309 e. The Hall–Kier alpha value is -2.16. The van der Waals surface area contributed by atoms with Crippen molar-refractivity contribution in [1.29, 1.82) is 0 Å². The molecule has 1 heterocycles. The van der Waals surface area contributed by atoms with Crippen molar-refractivity contribution in [1.82, 2.24) is 0 Å². The van der Waals surface area contributed by atoms with Gasteiger partial charge in [-0.2, -0.15) is 0 Å². The van der Waals surface area contributed by atoms with Crippen molar-refractivity contribution in [2.45, 2.75) is 105 Å². The number of esters is 1. The Morgan fingerprint density at radius 1 is 1.26 bits per heavy atom. The first-order chi connectivity index (χ1) is 17.7. The van der Waals surface area contributed by atoms with E-state index in [0.29, 0.717) is 35.9 Å². The fourth-order valence-electron chi connectivity index (χ4n) is 5.35.